The van der Waals surface area contributed by atoms with Crippen molar-refractivity contribution < 1.29 is 30.8 Å². The number of aromatic nitrogens is 2. The van der Waals surface area contributed by atoms with E-state index in [2.05, 4.69) is 15.3 Å². The Hall–Kier alpha value is -3.58. The first-order valence-electron chi connectivity index (χ1n) is 9.83. The molecule has 0 aliphatic carbocycles. The lowest BCUT2D eigenvalue weighted by atomic mass is 10.0. The van der Waals surface area contributed by atoms with Gasteiger partial charge in [0.2, 0.25) is 15.9 Å². The Kier molecular flexibility index (Phi) is 6.00. The number of nitrogens with two attached hydrogens (primary N) is 1. The number of sulfonamides is 1. The van der Waals surface area contributed by atoms with Gasteiger partial charge in [-0.2, -0.15) is 17.5 Å². The van der Waals surface area contributed by atoms with Crippen LogP contribution in [0.4, 0.5) is 23.4 Å². The molecule has 0 saturated carbocycles. The fraction of sp³-hybridized carbons (Fsp3) is 0.190. The van der Waals surface area contributed by atoms with Gasteiger partial charge >= 0.3 is 6.18 Å². The summed E-state index contributed by atoms with van der Waals surface area (Å²) in [5.74, 6) is -1.24. The van der Waals surface area contributed by atoms with Crippen LogP contribution in [-0.2, 0) is 21.0 Å². The molecule has 34 heavy (non-hydrogen) atoms. The number of benzene rings is 2. The lowest BCUT2D eigenvalue weighted by molar-refractivity contribution is -0.137. The van der Waals surface area contributed by atoms with Gasteiger partial charge in [0.1, 0.15) is 11.6 Å². The number of rotatable bonds is 4. The molecule has 0 atom stereocenters. The minimum atomic E-state index is -4.81. The van der Waals surface area contributed by atoms with Crippen molar-refractivity contribution >= 4 is 21.7 Å². The Morgan fingerprint density at radius 2 is 1.76 bits per heavy atom. The first-order valence-corrected chi connectivity index (χ1v) is 11.3. The smallest absolute Gasteiger partial charge is 0.382 e. The van der Waals surface area contributed by atoms with Crippen LogP contribution in [0.15, 0.2) is 53.7 Å². The number of hydrogen-bond acceptors (Lipinski definition) is 6. The van der Waals surface area contributed by atoms with Crippen molar-refractivity contribution in [3.05, 3.63) is 60.2 Å². The molecule has 1 saturated heterocycles. The van der Waals surface area contributed by atoms with E-state index in [1.807, 2.05) is 0 Å². The van der Waals surface area contributed by atoms with Crippen molar-refractivity contribution in [2.24, 2.45) is 0 Å². The van der Waals surface area contributed by atoms with Gasteiger partial charge in [-0.3, -0.25) is 9.78 Å². The zero-order valence-electron chi connectivity index (χ0n) is 17.3. The number of nitrogens with zero attached hydrogens (tertiary/aromatic N) is 3. The van der Waals surface area contributed by atoms with E-state index in [4.69, 9.17) is 5.73 Å². The SMILES string of the molecule is Nc1cnc(-c2ccc(-c3ccc(C(F)(F)F)cc3S(=O)(=O)N3CCNC(=O)C3)cc2F)cn1. The van der Waals surface area contributed by atoms with Crippen LogP contribution in [0.5, 0.6) is 0 Å². The van der Waals surface area contributed by atoms with E-state index in [-0.39, 0.29) is 41.3 Å². The van der Waals surface area contributed by atoms with E-state index in [1.54, 1.807) is 0 Å². The molecule has 0 unspecified atom stereocenters. The fourth-order valence-electron chi connectivity index (χ4n) is 3.48. The quantitative estimate of drug-likeness (QED) is 0.538. The molecule has 2 heterocycles. The largest absolute Gasteiger partial charge is 0.416 e. The predicted molar refractivity (Wildman–Crippen MR) is 114 cm³/mol. The van der Waals surface area contributed by atoms with Crippen LogP contribution in [0.2, 0.25) is 0 Å². The molecule has 8 nitrogen and oxygen atoms in total. The second kappa shape index (κ2) is 8.65. The van der Waals surface area contributed by atoms with Gasteiger partial charge in [0, 0.05) is 24.2 Å². The number of piperazine rings is 1. The molecule has 178 valence electrons. The van der Waals surface area contributed by atoms with E-state index in [0.717, 1.165) is 16.4 Å². The van der Waals surface area contributed by atoms with Crippen LogP contribution in [0.25, 0.3) is 22.4 Å². The molecule has 13 heteroatoms. The third-order valence-electron chi connectivity index (χ3n) is 5.16. The summed E-state index contributed by atoms with van der Waals surface area (Å²) in [5.41, 5.74) is 4.38. The molecule has 1 fully saturated rings. The molecule has 0 radical (unpaired) electrons. The maximum Gasteiger partial charge on any atom is 0.416 e. The lowest BCUT2D eigenvalue weighted by Crippen LogP contribution is -2.49. The molecular weight excluding hydrogens is 478 g/mol. The minimum absolute atomic E-state index is 0.0122. The van der Waals surface area contributed by atoms with Crippen molar-refractivity contribution in [3.8, 4) is 22.4 Å². The second-order valence-corrected chi connectivity index (χ2v) is 9.32. The molecule has 0 spiro atoms. The Bertz CT molecular complexity index is 1360. The summed E-state index contributed by atoms with van der Waals surface area (Å²) < 4.78 is 82.4. The lowest BCUT2D eigenvalue weighted by Gasteiger charge is -2.27. The summed E-state index contributed by atoms with van der Waals surface area (Å²) in [6, 6.07) is 5.85. The maximum atomic E-state index is 14.9. The molecular formula is C21H17F4N5O3S. The zero-order chi connectivity index (χ0) is 24.7. The number of nitrogens with one attached hydrogen (secondary N) is 1. The summed E-state index contributed by atoms with van der Waals surface area (Å²) in [6.45, 7) is -0.647. The summed E-state index contributed by atoms with van der Waals surface area (Å²) >= 11 is 0. The summed E-state index contributed by atoms with van der Waals surface area (Å²) in [4.78, 5) is 18.8. The highest BCUT2D eigenvalue weighted by atomic mass is 32.2. The number of nitrogen functional groups attached to an aromatic ring is 1. The molecule has 3 aromatic rings. The highest BCUT2D eigenvalue weighted by Gasteiger charge is 2.36. The Morgan fingerprint density at radius 3 is 2.38 bits per heavy atom. The number of carbonyl (C=O) groups excluding carboxylic acids is 1. The molecule has 2 aromatic carbocycles. The van der Waals surface area contributed by atoms with Gasteiger partial charge in [-0.1, -0.05) is 12.1 Å². The first-order chi connectivity index (χ1) is 16.0. The summed E-state index contributed by atoms with van der Waals surface area (Å²) in [7, 11) is -4.52. The van der Waals surface area contributed by atoms with Crippen LogP contribution in [-0.4, -0.2) is 48.2 Å². The molecule has 1 amide bonds. The van der Waals surface area contributed by atoms with Crippen LogP contribution < -0.4 is 11.1 Å². The van der Waals surface area contributed by atoms with Gasteiger partial charge < -0.3 is 11.1 Å². The molecule has 3 N–H and O–H groups in total. The average molecular weight is 495 g/mol. The number of amides is 1. The predicted octanol–water partition coefficient (Wildman–Crippen LogP) is 2.67. The molecule has 1 aliphatic heterocycles. The van der Waals surface area contributed by atoms with Crippen LogP contribution >= 0.6 is 0 Å². The van der Waals surface area contributed by atoms with Gasteiger partial charge in [0.15, 0.2) is 0 Å². The Balaban J connectivity index is 1.84. The van der Waals surface area contributed by atoms with E-state index in [0.29, 0.717) is 12.1 Å². The molecule has 0 bridgehead atoms. The topological polar surface area (TPSA) is 118 Å². The van der Waals surface area contributed by atoms with Gasteiger partial charge in [0.05, 0.1) is 35.1 Å². The van der Waals surface area contributed by atoms with E-state index >= 15 is 0 Å². The molecule has 1 aromatic heterocycles. The second-order valence-electron chi connectivity index (χ2n) is 7.42. The van der Waals surface area contributed by atoms with Crippen molar-refractivity contribution in [1.82, 2.24) is 19.6 Å². The normalized spacial score (nSPS) is 15.2. The van der Waals surface area contributed by atoms with Crippen molar-refractivity contribution in [3.63, 3.8) is 0 Å². The van der Waals surface area contributed by atoms with Gasteiger partial charge in [0.25, 0.3) is 0 Å². The van der Waals surface area contributed by atoms with Crippen molar-refractivity contribution in [1.29, 1.82) is 0 Å². The fourth-order valence-corrected chi connectivity index (χ4v) is 5.11. The summed E-state index contributed by atoms with van der Waals surface area (Å²) in [6.07, 6.45) is -2.33. The Labute approximate surface area is 191 Å². The standard InChI is InChI=1S/C21H17F4N5O3S/c22-16-7-12(1-3-15(16)17-9-29-19(26)10-28-17)14-4-2-13(21(23,24)25)8-18(14)34(32,33)30-6-5-27-20(31)11-30/h1-4,7-10H,5-6,11H2,(H2,26,29)(H,27,31). The van der Waals surface area contributed by atoms with Crippen LogP contribution in [0.1, 0.15) is 5.56 Å². The number of anilines is 1. The average Bonchev–Trinajstić information content (AvgIpc) is 2.79. The van der Waals surface area contributed by atoms with Gasteiger partial charge in [-0.05, 0) is 29.8 Å². The van der Waals surface area contributed by atoms with E-state index in [1.165, 1.54) is 24.5 Å². The van der Waals surface area contributed by atoms with Crippen LogP contribution in [0, 0.1) is 5.82 Å². The van der Waals surface area contributed by atoms with E-state index in [9.17, 15) is 30.8 Å². The van der Waals surface area contributed by atoms with Gasteiger partial charge in [-0.15, -0.1) is 0 Å². The highest BCUT2D eigenvalue weighted by Crippen LogP contribution is 2.37. The number of hydrogen-bond donors (Lipinski definition) is 2. The third kappa shape index (κ3) is 4.56. The highest BCUT2D eigenvalue weighted by molar-refractivity contribution is 7.89. The monoisotopic (exact) mass is 495 g/mol. The maximum absolute atomic E-state index is 14.9. The number of alkyl halides is 3. The van der Waals surface area contributed by atoms with Crippen molar-refractivity contribution in [2.45, 2.75) is 11.1 Å². The number of carbonyl (C=O) groups is 1. The van der Waals surface area contributed by atoms with Crippen molar-refractivity contribution in [2.75, 3.05) is 25.4 Å². The zero-order valence-corrected chi connectivity index (χ0v) is 18.1. The minimum Gasteiger partial charge on any atom is -0.382 e. The van der Waals surface area contributed by atoms with E-state index < -0.39 is 44.9 Å². The summed E-state index contributed by atoms with van der Waals surface area (Å²) in [5, 5.41) is 2.46. The first kappa shape index (κ1) is 23.6. The number of halogens is 4. The third-order valence-corrected chi connectivity index (χ3v) is 7.04. The Morgan fingerprint density at radius 1 is 1.03 bits per heavy atom. The van der Waals surface area contributed by atoms with Gasteiger partial charge in [-0.25, -0.2) is 17.8 Å². The molecule has 1 aliphatic rings. The van der Waals surface area contributed by atoms with Crippen LogP contribution in [0.3, 0.4) is 0 Å². The molecule has 4 rings (SSSR count).